The van der Waals surface area contributed by atoms with Crippen molar-refractivity contribution in [3.63, 3.8) is 0 Å². The number of nitrogens with zero attached hydrogens (tertiary/aromatic N) is 1. The first-order chi connectivity index (χ1) is 5.68. The predicted octanol–water partition coefficient (Wildman–Crippen LogP) is 2.54. The van der Waals surface area contributed by atoms with E-state index in [1.807, 2.05) is 5.01 Å². The quantitative estimate of drug-likeness (QED) is 0.363. The van der Waals surface area contributed by atoms with E-state index in [-0.39, 0.29) is 0 Å². The Hall–Kier alpha value is -0.0800. The van der Waals surface area contributed by atoms with Gasteiger partial charge >= 0.3 is 0 Å². The fourth-order valence-electron chi connectivity index (χ4n) is 1.16. The van der Waals surface area contributed by atoms with Crippen LogP contribution in [-0.2, 0) is 0 Å². The van der Waals surface area contributed by atoms with E-state index in [0.717, 1.165) is 6.54 Å². The van der Waals surface area contributed by atoms with Crippen molar-refractivity contribution in [3.8, 4) is 0 Å². The molecule has 2 nitrogen and oxygen atoms in total. The van der Waals surface area contributed by atoms with Crippen LogP contribution in [0.15, 0.2) is 0 Å². The Bertz CT molecular complexity index is 91.8. The summed E-state index contributed by atoms with van der Waals surface area (Å²) < 4.78 is 0. The highest BCUT2D eigenvalue weighted by Gasteiger charge is 2.01. The Kier molecular flexibility index (Phi) is 7.51. The van der Waals surface area contributed by atoms with Gasteiger partial charge in [-0.05, 0) is 20.3 Å². The molecule has 0 aliphatic carbocycles. The Morgan fingerprint density at radius 3 is 2.17 bits per heavy atom. The van der Waals surface area contributed by atoms with E-state index < -0.39 is 0 Å². The Morgan fingerprint density at radius 2 is 1.67 bits per heavy atom. The second-order valence-electron chi connectivity index (χ2n) is 3.75. The summed E-state index contributed by atoms with van der Waals surface area (Å²) in [6, 6.07) is 0.483. The van der Waals surface area contributed by atoms with Crippen LogP contribution in [0.3, 0.4) is 0 Å². The van der Waals surface area contributed by atoms with E-state index in [1.54, 1.807) is 0 Å². The monoisotopic (exact) mass is 172 g/mol. The lowest BCUT2D eigenvalue weighted by molar-refractivity contribution is 0.222. The van der Waals surface area contributed by atoms with Crippen molar-refractivity contribution in [2.24, 2.45) is 5.84 Å². The lowest BCUT2D eigenvalue weighted by Crippen LogP contribution is -2.38. The number of hydrazine groups is 1. The van der Waals surface area contributed by atoms with Gasteiger partial charge < -0.3 is 0 Å². The van der Waals surface area contributed by atoms with Gasteiger partial charge in [0.1, 0.15) is 0 Å². The van der Waals surface area contributed by atoms with Gasteiger partial charge in [0.2, 0.25) is 0 Å². The zero-order valence-corrected chi connectivity index (χ0v) is 8.84. The van der Waals surface area contributed by atoms with Gasteiger partial charge in [0.25, 0.3) is 0 Å². The molecule has 2 N–H and O–H groups in total. The molecule has 0 saturated heterocycles. The van der Waals surface area contributed by atoms with Crippen LogP contribution in [0.1, 0.15) is 52.9 Å². The lowest BCUT2D eigenvalue weighted by Gasteiger charge is -2.19. The summed E-state index contributed by atoms with van der Waals surface area (Å²) in [7, 11) is 0. The van der Waals surface area contributed by atoms with Crippen molar-refractivity contribution in [2.75, 3.05) is 6.54 Å². The lowest BCUT2D eigenvalue weighted by atomic mass is 10.1. The predicted molar refractivity (Wildman–Crippen MR) is 54.8 cm³/mol. The number of hydrogen-bond donors (Lipinski definition) is 1. The SMILES string of the molecule is CCCCCCCN(N)C(C)C. The Labute approximate surface area is 77.1 Å². The molecule has 0 aromatic heterocycles. The van der Waals surface area contributed by atoms with Gasteiger partial charge in [-0.1, -0.05) is 32.6 Å². The third-order valence-electron chi connectivity index (χ3n) is 2.18. The normalized spacial score (nSPS) is 11.5. The maximum atomic E-state index is 5.76. The summed E-state index contributed by atoms with van der Waals surface area (Å²) in [5.74, 6) is 5.76. The molecule has 0 aromatic rings. The minimum atomic E-state index is 0.483. The maximum absolute atomic E-state index is 5.76. The zero-order chi connectivity index (χ0) is 9.40. The molecule has 0 atom stereocenters. The van der Waals surface area contributed by atoms with Gasteiger partial charge in [-0.2, -0.15) is 0 Å². The van der Waals surface area contributed by atoms with Crippen LogP contribution >= 0.6 is 0 Å². The molecule has 74 valence electrons. The highest BCUT2D eigenvalue weighted by molar-refractivity contribution is 4.54. The second-order valence-corrected chi connectivity index (χ2v) is 3.75. The third-order valence-corrected chi connectivity index (χ3v) is 2.18. The molecule has 0 aromatic carbocycles. The second kappa shape index (κ2) is 7.56. The van der Waals surface area contributed by atoms with Crippen molar-refractivity contribution in [3.05, 3.63) is 0 Å². The number of hydrogen-bond acceptors (Lipinski definition) is 2. The van der Waals surface area contributed by atoms with Crippen LogP contribution in [-0.4, -0.2) is 17.6 Å². The highest BCUT2D eigenvalue weighted by atomic mass is 15.4. The summed E-state index contributed by atoms with van der Waals surface area (Å²) in [6.07, 6.45) is 6.62. The van der Waals surface area contributed by atoms with E-state index >= 15 is 0 Å². The standard InChI is InChI=1S/C10H24N2/c1-4-5-6-7-8-9-12(11)10(2)3/h10H,4-9,11H2,1-3H3. The van der Waals surface area contributed by atoms with Gasteiger partial charge in [-0.3, -0.25) is 5.84 Å². The minimum absolute atomic E-state index is 0.483. The molecule has 12 heavy (non-hydrogen) atoms. The van der Waals surface area contributed by atoms with Crippen LogP contribution in [0, 0.1) is 0 Å². The van der Waals surface area contributed by atoms with Crippen molar-refractivity contribution in [1.29, 1.82) is 0 Å². The fourth-order valence-corrected chi connectivity index (χ4v) is 1.16. The first kappa shape index (κ1) is 11.9. The first-order valence-corrected chi connectivity index (χ1v) is 5.19. The van der Waals surface area contributed by atoms with E-state index in [9.17, 15) is 0 Å². The minimum Gasteiger partial charge on any atom is -0.269 e. The largest absolute Gasteiger partial charge is 0.269 e. The van der Waals surface area contributed by atoms with Crippen LogP contribution in [0.5, 0.6) is 0 Å². The molecule has 2 heteroatoms. The van der Waals surface area contributed by atoms with Crippen molar-refractivity contribution in [2.45, 2.75) is 58.9 Å². The topological polar surface area (TPSA) is 29.3 Å². The zero-order valence-electron chi connectivity index (χ0n) is 8.84. The van der Waals surface area contributed by atoms with E-state index in [2.05, 4.69) is 20.8 Å². The van der Waals surface area contributed by atoms with E-state index in [0.29, 0.717) is 6.04 Å². The summed E-state index contributed by atoms with van der Waals surface area (Å²) in [6.45, 7) is 7.54. The summed E-state index contributed by atoms with van der Waals surface area (Å²) in [4.78, 5) is 0. The van der Waals surface area contributed by atoms with Gasteiger partial charge in [0.15, 0.2) is 0 Å². The molecule has 0 aliphatic heterocycles. The number of nitrogens with two attached hydrogens (primary N) is 1. The number of rotatable bonds is 7. The summed E-state index contributed by atoms with van der Waals surface area (Å²) in [5.41, 5.74) is 0. The molecule has 0 radical (unpaired) electrons. The van der Waals surface area contributed by atoms with Gasteiger partial charge in [0, 0.05) is 12.6 Å². The Balaban J connectivity index is 3.08. The molecule has 0 aliphatic rings. The number of unbranched alkanes of at least 4 members (excludes halogenated alkanes) is 4. The van der Waals surface area contributed by atoms with Gasteiger partial charge in [-0.15, -0.1) is 0 Å². The summed E-state index contributed by atoms with van der Waals surface area (Å²) >= 11 is 0. The first-order valence-electron chi connectivity index (χ1n) is 5.19. The molecule has 0 bridgehead atoms. The fraction of sp³-hybridized carbons (Fsp3) is 1.00. The van der Waals surface area contributed by atoms with Crippen molar-refractivity contribution < 1.29 is 0 Å². The van der Waals surface area contributed by atoms with Crippen LogP contribution in [0.25, 0.3) is 0 Å². The van der Waals surface area contributed by atoms with Crippen molar-refractivity contribution >= 4 is 0 Å². The Morgan fingerprint density at radius 1 is 1.08 bits per heavy atom. The van der Waals surface area contributed by atoms with E-state index in [1.165, 1.54) is 32.1 Å². The van der Waals surface area contributed by atoms with Gasteiger partial charge in [-0.25, -0.2) is 5.01 Å². The average molecular weight is 172 g/mol. The molecular formula is C10H24N2. The van der Waals surface area contributed by atoms with Crippen LogP contribution in [0.2, 0.25) is 0 Å². The molecule has 0 fully saturated rings. The van der Waals surface area contributed by atoms with Crippen LogP contribution in [0.4, 0.5) is 0 Å². The molecule has 0 unspecified atom stereocenters. The van der Waals surface area contributed by atoms with Crippen molar-refractivity contribution in [1.82, 2.24) is 5.01 Å². The third kappa shape index (κ3) is 6.62. The van der Waals surface area contributed by atoms with Gasteiger partial charge in [0.05, 0.1) is 0 Å². The van der Waals surface area contributed by atoms with E-state index in [4.69, 9.17) is 5.84 Å². The molecule has 0 spiro atoms. The average Bonchev–Trinajstić information content (AvgIpc) is 2.03. The highest BCUT2D eigenvalue weighted by Crippen LogP contribution is 2.03. The smallest absolute Gasteiger partial charge is 0.0184 e. The molecule has 0 amide bonds. The van der Waals surface area contributed by atoms with Crippen LogP contribution < -0.4 is 5.84 Å². The molecule has 0 heterocycles. The molecule has 0 saturated carbocycles. The molecular weight excluding hydrogens is 148 g/mol. The summed E-state index contributed by atoms with van der Waals surface area (Å²) in [5, 5.41) is 1.92. The maximum Gasteiger partial charge on any atom is 0.0184 e. The molecule has 0 rings (SSSR count).